The second kappa shape index (κ2) is 5.07. The van der Waals surface area contributed by atoms with Crippen molar-refractivity contribution in [1.29, 1.82) is 0 Å². The van der Waals surface area contributed by atoms with Crippen molar-refractivity contribution in [2.45, 2.75) is 33.7 Å². The molecule has 1 aromatic heterocycles. The lowest BCUT2D eigenvalue weighted by atomic mass is 9.90. The second-order valence-corrected chi connectivity index (χ2v) is 4.61. The van der Waals surface area contributed by atoms with Gasteiger partial charge in [-0.3, -0.25) is 4.79 Å². The summed E-state index contributed by atoms with van der Waals surface area (Å²) in [7, 11) is 0. The largest absolute Gasteiger partial charge is 0.444 e. The zero-order chi connectivity index (χ0) is 13.9. The first-order valence-corrected chi connectivity index (χ1v) is 5.50. The minimum atomic E-state index is -1.11. The molecule has 1 heterocycles. The quantitative estimate of drug-likeness (QED) is 0.320. The number of nitrogens with zero attached hydrogens (tertiary/aromatic N) is 2. The molecule has 0 radical (unpaired) electrons. The lowest BCUT2D eigenvalue weighted by Gasteiger charge is -2.23. The average Bonchev–Trinajstić information content (AvgIpc) is 2.74. The molecule has 0 aliphatic heterocycles. The summed E-state index contributed by atoms with van der Waals surface area (Å²) in [6.07, 6.45) is 1.58. The van der Waals surface area contributed by atoms with E-state index in [0.717, 1.165) is 0 Å². The summed E-state index contributed by atoms with van der Waals surface area (Å²) < 4.78 is 5.31. The minimum absolute atomic E-state index is 0.157. The number of amides is 1. The van der Waals surface area contributed by atoms with Crippen LogP contribution >= 0.6 is 0 Å². The number of oxazole rings is 1. The van der Waals surface area contributed by atoms with Crippen LogP contribution in [0.2, 0.25) is 0 Å². The van der Waals surface area contributed by atoms with Crippen molar-refractivity contribution in [3.63, 3.8) is 0 Å². The van der Waals surface area contributed by atoms with Gasteiger partial charge >= 0.3 is 0 Å². The molecule has 0 saturated carbocycles. The Morgan fingerprint density at radius 3 is 2.72 bits per heavy atom. The third-order valence-corrected chi connectivity index (χ3v) is 2.67. The van der Waals surface area contributed by atoms with Crippen LogP contribution in [0, 0.1) is 12.3 Å². The van der Waals surface area contributed by atoms with Gasteiger partial charge < -0.3 is 20.7 Å². The molecule has 1 rings (SSSR count). The van der Waals surface area contributed by atoms with E-state index in [-0.39, 0.29) is 11.7 Å². The highest BCUT2D eigenvalue weighted by Crippen LogP contribution is 2.19. The molecular weight excluding hydrogens is 236 g/mol. The highest BCUT2D eigenvalue weighted by atomic mass is 16.4. The fourth-order valence-corrected chi connectivity index (χ4v) is 1.25. The van der Waals surface area contributed by atoms with Crippen molar-refractivity contribution in [2.75, 3.05) is 0 Å². The zero-order valence-corrected chi connectivity index (χ0v) is 10.9. The zero-order valence-electron chi connectivity index (χ0n) is 10.9. The number of rotatable bonds is 4. The van der Waals surface area contributed by atoms with Crippen LogP contribution in [0.4, 0.5) is 0 Å². The number of hydrogen-bond acceptors (Lipinski definition) is 5. The topological polar surface area (TPSA) is 114 Å². The fraction of sp³-hybridized carbons (Fsp3) is 0.545. The number of carbonyl (C=O) groups excluding carboxylic acids is 1. The number of hydrogen-bond donors (Lipinski definition) is 3. The van der Waals surface area contributed by atoms with E-state index in [0.29, 0.717) is 11.7 Å². The van der Waals surface area contributed by atoms with Gasteiger partial charge in [-0.1, -0.05) is 5.16 Å². The smallest absolute Gasteiger partial charge is 0.234 e. The lowest BCUT2D eigenvalue weighted by molar-refractivity contribution is -0.127. The highest BCUT2D eigenvalue weighted by molar-refractivity contribution is 6.05. The average molecular weight is 254 g/mol. The van der Waals surface area contributed by atoms with Gasteiger partial charge in [-0.2, -0.15) is 0 Å². The number of nitrogens with two attached hydrogens (primary N) is 1. The number of aryl methyl sites for hydroxylation is 1. The van der Waals surface area contributed by atoms with E-state index >= 15 is 0 Å². The van der Waals surface area contributed by atoms with Gasteiger partial charge in [0, 0.05) is 0 Å². The first-order chi connectivity index (χ1) is 8.28. The first-order valence-electron chi connectivity index (χ1n) is 5.50. The highest BCUT2D eigenvalue weighted by Gasteiger charge is 2.34. The molecule has 1 amide bonds. The van der Waals surface area contributed by atoms with Gasteiger partial charge in [-0.05, 0) is 27.7 Å². The van der Waals surface area contributed by atoms with Gasteiger partial charge in [-0.25, -0.2) is 4.98 Å². The molecule has 18 heavy (non-hydrogen) atoms. The summed E-state index contributed by atoms with van der Waals surface area (Å²) in [5, 5.41) is 14.2. The van der Waals surface area contributed by atoms with Crippen LogP contribution in [-0.4, -0.2) is 21.9 Å². The van der Waals surface area contributed by atoms with Gasteiger partial charge in [0.1, 0.15) is 17.2 Å². The van der Waals surface area contributed by atoms with E-state index in [1.54, 1.807) is 33.9 Å². The number of nitrogens with one attached hydrogen (secondary N) is 1. The van der Waals surface area contributed by atoms with E-state index in [9.17, 15) is 4.79 Å². The summed E-state index contributed by atoms with van der Waals surface area (Å²) >= 11 is 0. The number of amidine groups is 1. The van der Waals surface area contributed by atoms with Crippen molar-refractivity contribution >= 4 is 11.7 Å². The Morgan fingerprint density at radius 2 is 2.28 bits per heavy atom. The molecule has 0 aliphatic rings. The van der Waals surface area contributed by atoms with E-state index in [4.69, 9.17) is 15.4 Å². The first kappa shape index (κ1) is 14.0. The lowest BCUT2D eigenvalue weighted by Crippen LogP contribution is -2.46. The fourth-order valence-electron chi connectivity index (χ4n) is 1.25. The van der Waals surface area contributed by atoms with Crippen LogP contribution < -0.4 is 11.1 Å². The predicted molar refractivity (Wildman–Crippen MR) is 65.0 cm³/mol. The molecule has 7 nitrogen and oxygen atoms in total. The van der Waals surface area contributed by atoms with Crippen molar-refractivity contribution < 1.29 is 14.4 Å². The molecule has 1 aromatic rings. The van der Waals surface area contributed by atoms with Crippen molar-refractivity contribution in [2.24, 2.45) is 16.3 Å². The summed E-state index contributed by atoms with van der Waals surface area (Å²) in [4.78, 5) is 16.0. The van der Waals surface area contributed by atoms with Crippen LogP contribution in [-0.2, 0) is 4.79 Å². The molecule has 0 fully saturated rings. The molecule has 7 heteroatoms. The second-order valence-electron chi connectivity index (χ2n) is 4.61. The molecule has 0 bridgehead atoms. The summed E-state index contributed by atoms with van der Waals surface area (Å²) in [6, 6.07) is -0.392. The molecule has 4 N–H and O–H groups in total. The van der Waals surface area contributed by atoms with E-state index in [2.05, 4.69) is 15.5 Å². The van der Waals surface area contributed by atoms with E-state index in [1.165, 1.54) is 0 Å². The Bertz CT molecular complexity index is 465. The van der Waals surface area contributed by atoms with Crippen LogP contribution in [0.25, 0.3) is 0 Å². The standard InChI is InChI=1S/C11H18N4O3/c1-6-5-13-8(18-6)7(2)14-10(16)11(3,4)9(12)15-17/h5,7,17H,1-4H3,(H2,12,15)(H,14,16). The Balaban J connectivity index is 2.76. The molecule has 0 saturated heterocycles. The van der Waals surface area contributed by atoms with Crippen molar-refractivity contribution in [3.05, 3.63) is 17.8 Å². The van der Waals surface area contributed by atoms with Gasteiger partial charge in [0.25, 0.3) is 0 Å². The normalized spacial score (nSPS) is 14.3. The van der Waals surface area contributed by atoms with Crippen LogP contribution in [0.3, 0.4) is 0 Å². The van der Waals surface area contributed by atoms with Gasteiger partial charge in [-0.15, -0.1) is 0 Å². The van der Waals surface area contributed by atoms with Gasteiger partial charge in [0.05, 0.1) is 6.20 Å². The molecular formula is C11H18N4O3. The SMILES string of the molecule is Cc1cnc(C(C)NC(=O)C(C)(C)/C(N)=N/O)o1. The van der Waals surface area contributed by atoms with Crippen molar-refractivity contribution in [1.82, 2.24) is 10.3 Å². The van der Waals surface area contributed by atoms with Crippen LogP contribution in [0.15, 0.2) is 15.8 Å². The third-order valence-electron chi connectivity index (χ3n) is 2.67. The maximum Gasteiger partial charge on any atom is 0.234 e. The number of oxime groups is 1. The molecule has 0 aromatic carbocycles. The molecule has 0 aliphatic carbocycles. The maximum atomic E-state index is 12.0. The minimum Gasteiger partial charge on any atom is -0.444 e. The van der Waals surface area contributed by atoms with Crippen molar-refractivity contribution in [3.8, 4) is 0 Å². The van der Waals surface area contributed by atoms with E-state index < -0.39 is 11.5 Å². The predicted octanol–water partition coefficient (Wildman–Crippen LogP) is 0.933. The molecule has 100 valence electrons. The Labute approximate surface area is 105 Å². The molecule has 0 spiro atoms. The Morgan fingerprint density at radius 1 is 1.67 bits per heavy atom. The molecule has 1 unspecified atom stereocenters. The van der Waals surface area contributed by atoms with Gasteiger partial charge in [0.15, 0.2) is 5.84 Å². The Hall–Kier alpha value is -2.05. The summed E-state index contributed by atoms with van der Waals surface area (Å²) in [5.41, 5.74) is 4.36. The monoisotopic (exact) mass is 254 g/mol. The Kier molecular flexibility index (Phi) is 3.95. The summed E-state index contributed by atoms with van der Waals surface area (Å²) in [6.45, 7) is 6.63. The van der Waals surface area contributed by atoms with Crippen LogP contribution in [0.5, 0.6) is 0 Å². The number of carbonyl (C=O) groups is 1. The van der Waals surface area contributed by atoms with E-state index in [1.807, 2.05) is 0 Å². The molecule has 1 atom stereocenters. The van der Waals surface area contributed by atoms with Crippen LogP contribution in [0.1, 0.15) is 38.5 Å². The maximum absolute atomic E-state index is 12.0. The summed E-state index contributed by atoms with van der Waals surface area (Å²) in [5.74, 6) is 0.551. The number of aromatic nitrogens is 1. The van der Waals surface area contributed by atoms with Gasteiger partial charge in [0.2, 0.25) is 11.8 Å². The third kappa shape index (κ3) is 2.79.